The molecule has 1 heterocycles. The van der Waals surface area contributed by atoms with E-state index in [1.165, 1.54) is 16.9 Å². The molecule has 2 aromatic rings. The molecule has 0 bridgehead atoms. The van der Waals surface area contributed by atoms with Crippen LogP contribution in [-0.2, 0) is 4.79 Å². The molecule has 1 fully saturated rings. The van der Waals surface area contributed by atoms with E-state index in [4.69, 9.17) is 0 Å². The monoisotopic (exact) mass is 342 g/mol. The lowest BCUT2D eigenvalue weighted by Gasteiger charge is -2.17. The number of rotatable bonds is 6. The Kier molecular flexibility index (Phi) is 5.00. The van der Waals surface area contributed by atoms with Crippen molar-refractivity contribution in [1.82, 2.24) is 5.32 Å². The second-order valence-corrected chi connectivity index (χ2v) is 7.36. The Labute approximate surface area is 146 Å². The van der Waals surface area contributed by atoms with E-state index >= 15 is 0 Å². The zero-order valence-electron chi connectivity index (χ0n) is 14.0. The fraction of sp³-hybridized carbons (Fsp3) is 0.368. The van der Waals surface area contributed by atoms with E-state index in [9.17, 15) is 9.59 Å². The molecule has 2 amide bonds. The van der Waals surface area contributed by atoms with Crippen LogP contribution in [0.25, 0.3) is 0 Å². The lowest BCUT2D eigenvalue weighted by molar-refractivity contribution is -0.117. The van der Waals surface area contributed by atoms with Gasteiger partial charge in [-0.2, -0.15) is 0 Å². The molecule has 0 spiro atoms. The Bertz CT molecular complexity index is 732. The van der Waals surface area contributed by atoms with Crippen molar-refractivity contribution in [3.63, 3.8) is 0 Å². The number of carbonyl (C=O) groups is 2. The summed E-state index contributed by atoms with van der Waals surface area (Å²) in [6.45, 7) is 4.10. The fourth-order valence-corrected chi connectivity index (χ4v) is 3.36. The molecular formula is C19H22N2O2S. The predicted octanol–water partition coefficient (Wildman–Crippen LogP) is 4.29. The van der Waals surface area contributed by atoms with Crippen molar-refractivity contribution in [2.75, 3.05) is 5.32 Å². The Balaban J connectivity index is 1.63. The van der Waals surface area contributed by atoms with Gasteiger partial charge in [-0.15, -0.1) is 11.3 Å². The first kappa shape index (κ1) is 16.7. The van der Waals surface area contributed by atoms with Crippen LogP contribution in [0, 0.1) is 12.8 Å². The van der Waals surface area contributed by atoms with Crippen molar-refractivity contribution in [1.29, 1.82) is 0 Å². The number of anilines is 1. The molecule has 3 rings (SSSR count). The normalized spacial score (nSPS) is 14.9. The number of hydrogen-bond donors (Lipinski definition) is 2. The van der Waals surface area contributed by atoms with E-state index in [-0.39, 0.29) is 23.8 Å². The summed E-state index contributed by atoms with van der Waals surface area (Å²) in [5.74, 6) is 0.129. The third-order valence-corrected chi connectivity index (χ3v) is 5.22. The average molecular weight is 342 g/mol. The lowest BCUT2D eigenvalue weighted by Crippen LogP contribution is -2.27. The van der Waals surface area contributed by atoms with Gasteiger partial charge in [0.05, 0.1) is 15.9 Å². The van der Waals surface area contributed by atoms with Gasteiger partial charge >= 0.3 is 0 Å². The Morgan fingerprint density at radius 2 is 1.88 bits per heavy atom. The molecule has 1 atom stereocenters. The molecule has 1 unspecified atom stereocenters. The van der Waals surface area contributed by atoms with Crippen molar-refractivity contribution < 1.29 is 9.59 Å². The van der Waals surface area contributed by atoms with Gasteiger partial charge in [0, 0.05) is 5.92 Å². The van der Waals surface area contributed by atoms with Crippen molar-refractivity contribution >= 4 is 28.2 Å². The number of hydrogen-bond acceptors (Lipinski definition) is 3. The third-order valence-electron chi connectivity index (χ3n) is 4.22. The standard InChI is InChI=1S/C19H22N2O2S/c1-3-15(13-6-4-12(2)5-7-13)20-19(23)16-10-11-17(24-16)21-18(22)14-8-9-14/h4-7,10-11,14-15H,3,8-9H2,1-2H3,(H,20,23)(H,21,22). The molecule has 126 valence electrons. The molecule has 0 saturated heterocycles. The highest BCUT2D eigenvalue weighted by Crippen LogP contribution is 2.31. The second-order valence-electron chi connectivity index (χ2n) is 6.27. The summed E-state index contributed by atoms with van der Waals surface area (Å²) in [6, 6.07) is 11.8. The van der Waals surface area contributed by atoms with Gasteiger partial charge in [-0.25, -0.2) is 0 Å². The maximum atomic E-state index is 12.5. The number of nitrogens with one attached hydrogen (secondary N) is 2. The Hall–Kier alpha value is -2.14. The number of carbonyl (C=O) groups excluding carboxylic acids is 2. The molecule has 1 aliphatic rings. The Morgan fingerprint density at radius 3 is 2.50 bits per heavy atom. The van der Waals surface area contributed by atoms with Gasteiger partial charge in [-0.1, -0.05) is 36.8 Å². The maximum Gasteiger partial charge on any atom is 0.261 e. The van der Waals surface area contributed by atoms with Gasteiger partial charge in [-0.3, -0.25) is 9.59 Å². The van der Waals surface area contributed by atoms with Gasteiger partial charge < -0.3 is 10.6 Å². The molecule has 4 nitrogen and oxygen atoms in total. The van der Waals surface area contributed by atoms with Gasteiger partial charge in [0.1, 0.15) is 0 Å². The Morgan fingerprint density at radius 1 is 1.17 bits per heavy atom. The molecule has 24 heavy (non-hydrogen) atoms. The number of benzene rings is 1. The summed E-state index contributed by atoms with van der Waals surface area (Å²) >= 11 is 1.32. The first-order valence-electron chi connectivity index (χ1n) is 8.35. The molecule has 2 N–H and O–H groups in total. The van der Waals surface area contributed by atoms with E-state index in [1.807, 2.05) is 6.92 Å². The first-order chi connectivity index (χ1) is 11.6. The van der Waals surface area contributed by atoms with Crippen molar-refractivity contribution in [2.45, 2.75) is 39.2 Å². The van der Waals surface area contributed by atoms with Crippen molar-refractivity contribution in [3.8, 4) is 0 Å². The second kappa shape index (κ2) is 7.18. The number of aryl methyl sites for hydroxylation is 1. The molecule has 1 aromatic heterocycles. The molecular weight excluding hydrogens is 320 g/mol. The molecule has 5 heteroatoms. The van der Waals surface area contributed by atoms with Crippen LogP contribution in [0.15, 0.2) is 36.4 Å². The van der Waals surface area contributed by atoms with Crippen molar-refractivity contribution in [3.05, 3.63) is 52.4 Å². The average Bonchev–Trinajstić information content (AvgIpc) is 3.33. The minimum Gasteiger partial charge on any atom is -0.345 e. The van der Waals surface area contributed by atoms with Crippen LogP contribution in [0.1, 0.15) is 53.0 Å². The summed E-state index contributed by atoms with van der Waals surface area (Å²) in [4.78, 5) is 24.9. The molecule has 0 radical (unpaired) electrons. The lowest BCUT2D eigenvalue weighted by atomic mass is 10.0. The van der Waals surface area contributed by atoms with Gasteiger partial charge in [0.15, 0.2) is 0 Å². The van der Waals surface area contributed by atoms with E-state index in [1.54, 1.807) is 12.1 Å². The van der Waals surface area contributed by atoms with Crippen LogP contribution in [0.2, 0.25) is 0 Å². The number of amides is 2. The minimum absolute atomic E-state index is 0.00953. The zero-order chi connectivity index (χ0) is 17.1. The highest BCUT2D eigenvalue weighted by Gasteiger charge is 2.30. The van der Waals surface area contributed by atoms with Gasteiger partial charge in [0.25, 0.3) is 5.91 Å². The van der Waals surface area contributed by atoms with Crippen LogP contribution in [0.5, 0.6) is 0 Å². The quantitative estimate of drug-likeness (QED) is 0.823. The van der Waals surface area contributed by atoms with Crippen LogP contribution < -0.4 is 10.6 Å². The van der Waals surface area contributed by atoms with E-state index in [0.717, 1.165) is 29.8 Å². The molecule has 1 saturated carbocycles. The largest absolute Gasteiger partial charge is 0.345 e. The van der Waals surface area contributed by atoms with Crippen LogP contribution in [0.3, 0.4) is 0 Å². The zero-order valence-corrected chi connectivity index (χ0v) is 14.8. The summed E-state index contributed by atoms with van der Waals surface area (Å²) in [5.41, 5.74) is 2.31. The maximum absolute atomic E-state index is 12.5. The van der Waals surface area contributed by atoms with E-state index in [0.29, 0.717) is 4.88 Å². The summed E-state index contributed by atoms with van der Waals surface area (Å²) < 4.78 is 0. The van der Waals surface area contributed by atoms with Crippen LogP contribution in [0.4, 0.5) is 5.00 Å². The van der Waals surface area contributed by atoms with Gasteiger partial charge in [0.2, 0.25) is 5.91 Å². The summed E-state index contributed by atoms with van der Waals surface area (Å²) in [6.07, 6.45) is 2.77. The minimum atomic E-state index is -0.0978. The third kappa shape index (κ3) is 4.03. The van der Waals surface area contributed by atoms with E-state index < -0.39 is 0 Å². The molecule has 0 aliphatic heterocycles. The molecule has 1 aliphatic carbocycles. The van der Waals surface area contributed by atoms with E-state index in [2.05, 4.69) is 41.8 Å². The highest BCUT2D eigenvalue weighted by molar-refractivity contribution is 7.18. The fourth-order valence-electron chi connectivity index (χ4n) is 2.55. The topological polar surface area (TPSA) is 58.2 Å². The van der Waals surface area contributed by atoms with Gasteiger partial charge in [-0.05, 0) is 43.9 Å². The van der Waals surface area contributed by atoms with Crippen LogP contribution in [-0.4, -0.2) is 11.8 Å². The summed E-state index contributed by atoms with van der Waals surface area (Å²) in [5, 5.41) is 6.70. The predicted molar refractivity (Wildman–Crippen MR) is 97.3 cm³/mol. The molecule has 1 aromatic carbocycles. The highest BCUT2D eigenvalue weighted by atomic mass is 32.1. The number of thiophene rings is 1. The van der Waals surface area contributed by atoms with Crippen LogP contribution >= 0.6 is 11.3 Å². The first-order valence-corrected chi connectivity index (χ1v) is 9.16. The van der Waals surface area contributed by atoms with Crippen molar-refractivity contribution in [2.24, 2.45) is 5.92 Å². The smallest absolute Gasteiger partial charge is 0.261 e. The SMILES string of the molecule is CCC(NC(=O)c1ccc(NC(=O)C2CC2)s1)c1ccc(C)cc1. The summed E-state index contributed by atoms with van der Waals surface area (Å²) in [7, 11) is 0.